The van der Waals surface area contributed by atoms with Gasteiger partial charge in [-0.1, -0.05) is 26.0 Å². The van der Waals surface area contributed by atoms with Crippen LogP contribution in [0, 0.1) is 11.7 Å². The smallest absolute Gasteiger partial charge is 0.338 e. The zero-order valence-corrected chi connectivity index (χ0v) is 12.9. The Kier molecular flexibility index (Phi) is 5.16. The highest BCUT2D eigenvalue weighted by molar-refractivity contribution is 5.95. The highest BCUT2D eigenvalue weighted by atomic mass is 19.1. The quantitative estimate of drug-likeness (QED) is 0.857. The molecule has 0 aliphatic heterocycles. The zero-order valence-electron chi connectivity index (χ0n) is 12.9. The average molecular weight is 319 g/mol. The summed E-state index contributed by atoms with van der Waals surface area (Å²) in [6, 6.07) is 7.10. The second-order valence-corrected chi connectivity index (χ2v) is 5.66. The molecule has 0 aliphatic rings. The summed E-state index contributed by atoms with van der Waals surface area (Å²) >= 11 is 0. The summed E-state index contributed by atoms with van der Waals surface area (Å²) in [5.41, 5.74) is 0.825. The van der Waals surface area contributed by atoms with Gasteiger partial charge >= 0.3 is 5.97 Å². The summed E-state index contributed by atoms with van der Waals surface area (Å²) in [5.74, 6) is -1.85. The molecule has 1 amide bonds. The van der Waals surface area contributed by atoms with E-state index in [4.69, 9.17) is 9.52 Å². The van der Waals surface area contributed by atoms with Crippen molar-refractivity contribution >= 4 is 11.9 Å². The van der Waals surface area contributed by atoms with Gasteiger partial charge in [0.2, 0.25) is 0 Å². The van der Waals surface area contributed by atoms with Crippen LogP contribution in [0.15, 0.2) is 41.0 Å². The molecule has 1 aromatic carbocycles. The Bertz CT molecular complexity index is 691. The molecule has 0 spiro atoms. The molecule has 0 saturated carbocycles. The molecule has 0 bridgehead atoms. The molecule has 0 fully saturated rings. The minimum Gasteiger partial charge on any atom is -0.478 e. The highest BCUT2D eigenvalue weighted by Gasteiger charge is 2.21. The van der Waals surface area contributed by atoms with E-state index in [2.05, 4.69) is 5.32 Å². The molecule has 2 N–H and O–H groups in total. The third-order valence-electron chi connectivity index (χ3n) is 3.56. The van der Waals surface area contributed by atoms with Crippen LogP contribution >= 0.6 is 0 Å². The van der Waals surface area contributed by atoms with Crippen LogP contribution in [0.4, 0.5) is 4.39 Å². The maximum atomic E-state index is 13.0. The first kappa shape index (κ1) is 16.7. The first-order valence-electron chi connectivity index (χ1n) is 7.24. The van der Waals surface area contributed by atoms with Crippen LogP contribution in [0.2, 0.25) is 0 Å². The Morgan fingerprint density at radius 1 is 1.26 bits per heavy atom. The lowest BCUT2D eigenvalue weighted by atomic mass is 9.96. The van der Waals surface area contributed by atoms with Crippen molar-refractivity contribution in [2.45, 2.75) is 26.3 Å². The third-order valence-corrected chi connectivity index (χ3v) is 3.56. The second kappa shape index (κ2) is 7.09. The van der Waals surface area contributed by atoms with E-state index in [1.54, 1.807) is 12.1 Å². The first-order chi connectivity index (χ1) is 10.9. The van der Waals surface area contributed by atoms with E-state index in [1.165, 1.54) is 18.2 Å². The van der Waals surface area contributed by atoms with Crippen LogP contribution in [0.25, 0.3) is 0 Å². The number of amides is 1. The molecular weight excluding hydrogens is 301 g/mol. The average Bonchev–Trinajstić information content (AvgIpc) is 2.98. The number of hydrogen-bond acceptors (Lipinski definition) is 3. The summed E-state index contributed by atoms with van der Waals surface area (Å²) in [6.07, 6.45) is 1.57. The lowest BCUT2D eigenvalue weighted by Gasteiger charge is -2.22. The molecule has 2 aromatic rings. The number of hydrogen-bond donors (Lipinski definition) is 2. The monoisotopic (exact) mass is 319 g/mol. The molecule has 0 saturated heterocycles. The molecule has 5 nitrogen and oxygen atoms in total. The van der Waals surface area contributed by atoms with Crippen molar-refractivity contribution in [2.24, 2.45) is 5.92 Å². The fourth-order valence-corrected chi connectivity index (χ4v) is 2.13. The maximum absolute atomic E-state index is 13.0. The molecule has 0 radical (unpaired) electrons. The van der Waals surface area contributed by atoms with E-state index in [0.29, 0.717) is 6.42 Å². The number of aromatic carboxylic acids is 1. The van der Waals surface area contributed by atoms with E-state index in [1.807, 2.05) is 13.8 Å². The molecule has 1 atom stereocenters. The number of furan rings is 1. The second-order valence-electron chi connectivity index (χ2n) is 5.66. The minimum absolute atomic E-state index is 0.0489. The van der Waals surface area contributed by atoms with Gasteiger partial charge in [0.25, 0.3) is 5.91 Å². The van der Waals surface area contributed by atoms with E-state index in [9.17, 15) is 14.0 Å². The Morgan fingerprint density at radius 3 is 2.43 bits per heavy atom. The van der Waals surface area contributed by atoms with Gasteiger partial charge in [0, 0.05) is 12.1 Å². The molecule has 1 heterocycles. The number of carboxylic acid groups (broad SMARTS) is 1. The normalized spacial score (nSPS) is 12.2. The Balaban J connectivity index is 2.07. The largest absolute Gasteiger partial charge is 0.478 e. The first-order valence-corrected chi connectivity index (χ1v) is 7.24. The van der Waals surface area contributed by atoms with Crippen molar-refractivity contribution in [2.75, 3.05) is 0 Å². The molecule has 122 valence electrons. The summed E-state index contributed by atoms with van der Waals surface area (Å²) in [4.78, 5) is 23.0. The number of benzene rings is 1. The molecule has 1 unspecified atom stereocenters. The van der Waals surface area contributed by atoms with Crippen molar-refractivity contribution in [1.82, 2.24) is 5.32 Å². The number of carboxylic acids is 1. The molecule has 0 aliphatic carbocycles. The third kappa shape index (κ3) is 4.42. The predicted octanol–water partition coefficient (Wildman–Crippen LogP) is 3.11. The van der Waals surface area contributed by atoms with Crippen LogP contribution in [0.5, 0.6) is 0 Å². The van der Waals surface area contributed by atoms with Crippen LogP contribution in [-0.4, -0.2) is 23.0 Å². The van der Waals surface area contributed by atoms with E-state index >= 15 is 0 Å². The van der Waals surface area contributed by atoms with Crippen LogP contribution in [0.1, 0.15) is 40.3 Å². The molecular formula is C17H18FNO4. The molecule has 1 aromatic heterocycles. The fourth-order valence-electron chi connectivity index (χ4n) is 2.13. The van der Waals surface area contributed by atoms with Gasteiger partial charge in [0.15, 0.2) is 5.76 Å². The van der Waals surface area contributed by atoms with Gasteiger partial charge in [-0.25, -0.2) is 9.18 Å². The number of carbonyl (C=O) groups is 2. The van der Waals surface area contributed by atoms with Crippen LogP contribution in [-0.2, 0) is 6.42 Å². The number of rotatable bonds is 6. The topological polar surface area (TPSA) is 79.5 Å². The Hall–Kier alpha value is -2.63. The number of carbonyl (C=O) groups excluding carboxylic acids is 1. The summed E-state index contributed by atoms with van der Waals surface area (Å²) in [6.45, 7) is 3.92. The van der Waals surface area contributed by atoms with Gasteiger partial charge in [-0.2, -0.15) is 0 Å². The lowest BCUT2D eigenvalue weighted by Crippen LogP contribution is -2.40. The van der Waals surface area contributed by atoms with Gasteiger partial charge < -0.3 is 14.8 Å². The highest BCUT2D eigenvalue weighted by Crippen LogP contribution is 2.14. The SMILES string of the molecule is CC(C)C(Cc1ccc(F)cc1)NC(=O)c1cc(C(=O)O)co1. The van der Waals surface area contributed by atoms with Crippen molar-refractivity contribution in [3.63, 3.8) is 0 Å². The van der Waals surface area contributed by atoms with Crippen LogP contribution in [0.3, 0.4) is 0 Å². The number of halogens is 1. The van der Waals surface area contributed by atoms with E-state index in [-0.39, 0.29) is 29.1 Å². The van der Waals surface area contributed by atoms with Crippen molar-refractivity contribution in [1.29, 1.82) is 0 Å². The van der Waals surface area contributed by atoms with Gasteiger partial charge in [-0.15, -0.1) is 0 Å². The lowest BCUT2D eigenvalue weighted by molar-refractivity contribution is 0.0695. The standard InChI is InChI=1S/C17H18FNO4/c1-10(2)14(7-11-3-5-13(18)6-4-11)19-16(20)15-8-12(9-23-15)17(21)22/h3-6,8-10,14H,7H2,1-2H3,(H,19,20)(H,21,22). The van der Waals surface area contributed by atoms with E-state index < -0.39 is 11.9 Å². The van der Waals surface area contributed by atoms with Gasteiger partial charge in [-0.05, 0) is 30.0 Å². The predicted molar refractivity (Wildman–Crippen MR) is 81.9 cm³/mol. The maximum Gasteiger partial charge on any atom is 0.338 e. The minimum atomic E-state index is -1.15. The van der Waals surface area contributed by atoms with Crippen molar-refractivity contribution in [3.8, 4) is 0 Å². The molecule has 23 heavy (non-hydrogen) atoms. The zero-order chi connectivity index (χ0) is 17.0. The summed E-state index contributed by atoms with van der Waals surface area (Å²) in [7, 11) is 0. The Labute approximate surface area is 133 Å². The van der Waals surface area contributed by atoms with Crippen molar-refractivity contribution < 1.29 is 23.5 Å². The van der Waals surface area contributed by atoms with Gasteiger partial charge in [-0.3, -0.25) is 4.79 Å². The number of nitrogens with one attached hydrogen (secondary N) is 1. The molecule has 6 heteroatoms. The van der Waals surface area contributed by atoms with Crippen LogP contribution < -0.4 is 5.32 Å². The van der Waals surface area contributed by atoms with E-state index in [0.717, 1.165) is 11.8 Å². The molecule has 2 rings (SSSR count). The fraction of sp³-hybridized carbons (Fsp3) is 0.294. The van der Waals surface area contributed by atoms with Gasteiger partial charge in [0.1, 0.15) is 12.1 Å². The van der Waals surface area contributed by atoms with Gasteiger partial charge in [0.05, 0.1) is 5.56 Å². The Morgan fingerprint density at radius 2 is 1.91 bits per heavy atom. The van der Waals surface area contributed by atoms with Crippen molar-refractivity contribution in [3.05, 3.63) is 59.3 Å². The summed E-state index contributed by atoms with van der Waals surface area (Å²) < 4.78 is 17.9. The summed E-state index contributed by atoms with van der Waals surface area (Å²) in [5, 5.41) is 11.7.